The summed E-state index contributed by atoms with van der Waals surface area (Å²) in [4.78, 5) is -1.18. The summed E-state index contributed by atoms with van der Waals surface area (Å²) in [5.41, 5.74) is 0.866. The van der Waals surface area contributed by atoms with Crippen molar-refractivity contribution in [1.82, 2.24) is 0 Å². The van der Waals surface area contributed by atoms with Crippen molar-refractivity contribution in [3.63, 3.8) is 0 Å². The van der Waals surface area contributed by atoms with E-state index < -0.39 is 4.81 Å². The van der Waals surface area contributed by atoms with E-state index in [-0.39, 0.29) is 19.0 Å². The average molecular weight is 195 g/mol. The minimum absolute atomic E-state index is 0.124. The van der Waals surface area contributed by atoms with E-state index in [0.717, 1.165) is 5.56 Å². The molecule has 0 spiro atoms. The van der Waals surface area contributed by atoms with Crippen molar-refractivity contribution in [3.8, 4) is 0 Å². The maximum absolute atomic E-state index is 11.6. The third kappa shape index (κ3) is 3.87. The third-order valence-electron chi connectivity index (χ3n) is 1.92. The first-order valence-electron chi connectivity index (χ1n) is 4.84. The lowest BCUT2D eigenvalue weighted by atomic mass is 10.2. The van der Waals surface area contributed by atoms with Gasteiger partial charge in [-0.3, -0.25) is 0 Å². The Morgan fingerprint density at radius 1 is 1.29 bits per heavy atom. The van der Waals surface area contributed by atoms with Crippen molar-refractivity contribution in [2.75, 3.05) is 6.54 Å². The molecule has 3 heteroatoms. The second-order valence-electron chi connectivity index (χ2n) is 4.07. The molecule has 0 radical (unpaired) electrons. The second kappa shape index (κ2) is 4.55. The molecule has 0 bridgehead atoms. The normalized spacial score (nSPS) is 15.5. The molecule has 0 aliphatic carbocycles. The van der Waals surface area contributed by atoms with Crippen molar-refractivity contribution in [3.05, 3.63) is 41.1 Å². The van der Waals surface area contributed by atoms with Crippen LogP contribution in [0.1, 0.15) is 19.4 Å². The Morgan fingerprint density at radius 3 is 2.36 bits per heavy atom. The molecule has 14 heavy (non-hydrogen) atoms. The van der Waals surface area contributed by atoms with Gasteiger partial charge in [0.2, 0.25) is 0 Å². The van der Waals surface area contributed by atoms with Crippen molar-refractivity contribution >= 4 is 0 Å². The number of benzene rings is 1. The minimum atomic E-state index is -1.18. The molecule has 0 aliphatic heterocycles. The number of quaternary nitrogens is 1. The lowest BCUT2D eigenvalue weighted by Crippen LogP contribution is -2.40. The zero-order chi connectivity index (χ0) is 10.6. The van der Waals surface area contributed by atoms with E-state index in [1.54, 1.807) is 0 Å². The molecular formula is C11H17NO2. The Bertz CT molecular complexity index is 270. The second-order valence-corrected chi connectivity index (χ2v) is 4.07. The molecule has 3 nitrogen and oxygen atoms in total. The average Bonchev–Trinajstić information content (AvgIpc) is 2.02. The van der Waals surface area contributed by atoms with Crippen molar-refractivity contribution in [2.45, 2.75) is 20.4 Å². The van der Waals surface area contributed by atoms with Gasteiger partial charge < -0.3 is 5.21 Å². The van der Waals surface area contributed by atoms with Crippen LogP contribution >= 0.6 is 0 Å². The fourth-order valence-electron chi connectivity index (χ4n) is 1.50. The Kier molecular flexibility index (Phi) is 3.63. The van der Waals surface area contributed by atoms with Gasteiger partial charge in [0.1, 0.15) is 13.1 Å². The van der Waals surface area contributed by atoms with Gasteiger partial charge in [0, 0.05) is 11.5 Å². The van der Waals surface area contributed by atoms with Gasteiger partial charge in [-0.15, -0.1) is 0 Å². The standard InChI is InChI=1S/C11H17NO2/c1-10(2)8-12(13,14)9-11-6-4-3-5-7-11/h3-7,10,13H,8-9H2,1-2H3. The van der Waals surface area contributed by atoms with Crippen molar-refractivity contribution < 1.29 is 10.0 Å². The Hall–Kier alpha value is -0.900. The van der Waals surface area contributed by atoms with Gasteiger partial charge in [-0.25, -0.2) is 10.0 Å². The molecule has 0 aromatic heterocycles. The molecule has 0 aliphatic rings. The molecule has 0 saturated carbocycles. The molecule has 1 rings (SSSR count). The summed E-state index contributed by atoms with van der Waals surface area (Å²) < 4.78 is 0. The van der Waals surface area contributed by atoms with Crippen molar-refractivity contribution in [1.29, 1.82) is 0 Å². The highest BCUT2D eigenvalue weighted by Crippen LogP contribution is 2.12. The fourth-order valence-corrected chi connectivity index (χ4v) is 1.50. The lowest BCUT2D eigenvalue weighted by molar-refractivity contribution is -1.08. The number of rotatable bonds is 4. The van der Waals surface area contributed by atoms with Gasteiger partial charge in [-0.05, 0) is 0 Å². The van der Waals surface area contributed by atoms with Gasteiger partial charge in [-0.2, -0.15) is 0 Å². The van der Waals surface area contributed by atoms with E-state index in [9.17, 15) is 10.4 Å². The van der Waals surface area contributed by atoms with Crippen LogP contribution in [0.25, 0.3) is 0 Å². The maximum atomic E-state index is 11.6. The summed E-state index contributed by atoms with van der Waals surface area (Å²) >= 11 is 0. The topological polar surface area (TPSA) is 43.3 Å². The SMILES string of the molecule is CC(C)C[N+]([O-])(O)Cc1ccccc1. The molecule has 1 aromatic rings. The monoisotopic (exact) mass is 195 g/mol. The first-order valence-corrected chi connectivity index (χ1v) is 4.84. The third-order valence-corrected chi connectivity index (χ3v) is 1.92. The summed E-state index contributed by atoms with van der Waals surface area (Å²) in [5.74, 6) is 0.196. The van der Waals surface area contributed by atoms with E-state index >= 15 is 0 Å². The summed E-state index contributed by atoms with van der Waals surface area (Å²) in [5, 5.41) is 21.1. The summed E-state index contributed by atoms with van der Waals surface area (Å²) in [7, 11) is 0. The minimum Gasteiger partial charge on any atom is -0.598 e. The first-order chi connectivity index (χ1) is 6.49. The molecule has 0 fully saturated rings. The molecule has 78 valence electrons. The van der Waals surface area contributed by atoms with Gasteiger partial charge >= 0.3 is 0 Å². The van der Waals surface area contributed by atoms with E-state index in [0.29, 0.717) is 0 Å². The van der Waals surface area contributed by atoms with Crippen LogP contribution in [-0.4, -0.2) is 16.6 Å². The summed E-state index contributed by atoms with van der Waals surface area (Å²) in [6, 6.07) is 9.32. The predicted molar refractivity (Wildman–Crippen MR) is 55.3 cm³/mol. The van der Waals surface area contributed by atoms with Crippen LogP contribution in [-0.2, 0) is 6.54 Å². The van der Waals surface area contributed by atoms with Crippen LogP contribution in [0.5, 0.6) is 0 Å². The van der Waals surface area contributed by atoms with Crippen LogP contribution in [0.4, 0.5) is 0 Å². The van der Waals surface area contributed by atoms with E-state index in [1.807, 2.05) is 44.2 Å². The highest BCUT2D eigenvalue weighted by atomic mass is 16.8. The fraction of sp³-hybridized carbons (Fsp3) is 0.455. The van der Waals surface area contributed by atoms with Crippen LogP contribution in [0.15, 0.2) is 30.3 Å². The number of hydrogen-bond donors (Lipinski definition) is 1. The number of hydroxylamine groups is 4. The molecule has 0 amide bonds. The molecule has 0 heterocycles. The highest BCUT2D eigenvalue weighted by molar-refractivity contribution is 5.13. The summed E-state index contributed by atoms with van der Waals surface area (Å²) in [6.07, 6.45) is 0. The van der Waals surface area contributed by atoms with Crippen LogP contribution in [0, 0.1) is 11.1 Å². The Morgan fingerprint density at radius 2 is 1.86 bits per heavy atom. The molecule has 1 unspecified atom stereocenters. The van der Waals surface area contributed by atoms with Gasteiger partial charge in [0.15, 0.2) is 0 Å². The molecule has 0 saturated heterocycles. The van der Waals surface area contributed by atoms with E-state index in [2.05, 4.69) is 0 Å². The Labute approximate surface area is 84.7 Å². The molecule has 1 atom stereocenters. The largest absolute Gasteiger partial charge is 0.598 e. The highest BCUT2D eigenvalue weighted by Gasteiger charge is 2.16. The maximum Gasteiger partial charge on any atom is 0.134 e. The van der Waals surface area contributed by atoms with Crippen LogP contribution in [0.2, 0.25) is 0 Å². The molecule has 1 aromatic carbocycles. The Balaban J connectivity index is 2.59. The smallest absolute Gasteiger partial charge is 0.134 e. The summed E-state index contributed by atoms with van der Waals surface area (Å²) in [6.45, 7) is 4.20. The molecule has 1 N–H and O–H groups in total. The van der Waals surface area contributed by atoms with Gasteiger partial charge in [-0.1, -0.05) is 44.2 Å². The first kappa shape index (κ1) is 11.2. The van der Waals surface area contributed by atoms with Gasteiger partial charge in [0.05, 0.1) is 0 Å². The quantitative estimate of drug-likeness (QED) is 0.592. The zero-order valence-electron chi connectivity index (χ0n) is 8.68. The molecular weight excluding hydrogens is 178 g/mol. The zero-order valence-corrected chi connectivity index (χ0v) is 8.68. The number of hydrogen-bond acceptors (Lipinski definition) is 2. The van der Waals surface area contributed by atoms with Crippen LogP contribution < -0.4 is 0 Å². The number of nitrogens with zero attached hydrogens (tertiary/aromatic N) is 1. The van der Waals surface area contributed by atoms with Gasteiger partial charge in [0.25, 0.3) is 0 Å². The van der Waals surface area contributed by atoms with Crippen molar-refractivity contribution in [2.24, 2.45) is 5.92 Å². The van der Waals surface area contributed by atoms with E-state index in [4.69, 9.17) is 0 Å². The lowest BCUT2D eigenvalue weighted by Gasteiger charge is -2.35. The van der Waals surface area contributed by atoms with Crippen LogP contribution in [0.3, 0.4) is 0 Å². The van der Waals surface area contributed by atoms with E-state index in [1.165, 1.54) is 0 Å². The predicted octanol–water partition coefficient (Wildman–Crippen LogP) is 2.55.